The van der Waals surface area contributed by atoms with Gasteiger partial charge in [-0.3, -0.25) is 14.4 Å². The Hall–Kier alpha value is -3.69. The van der Waals surface area contributed by atoms with Crippen LogP contribution >= 0.6 is 0 Å². The quantitative estimate of drug-likeness (QED) is 0.0971. The highest BCUT2D eigenvalue weighted by atomic mass is 16.8. The highest BCUT2D eigenvalue weighted by Crippen LogP contribution is 2.62. The van der Waals surface area contributed by atoms with Crippen molar-refractivity contribution in [2.24, 2.45) is 0 Å². The third-order valence-electron chi connectivity index (χ3n) is 13.3. The van der Waals surface area contributed by atoms with Gasteiger partial charge in [0.2, 0.25) is 11.9 Å². The first kappa shape index (κ1) is 48.2. The second-order valence-electron chi connectivity index (χ2n) is 17.4. The number of carbonyl (C=O) groups excluding carboxylic acids is 3. The average molecular weight is 913 g/mol. The van der Waals surface area contributed by atoms with Crippen LogP contribution in [0.15, 0.2) is 6.07 Å². The smallest absolute Gasteiger partial charge is 0.303 e. The van der Waals surface area contributed by atoms with E-state index in [0.29, 0.717) is 0 Å². The van der Waals surface area contributed by atoms with E-state index < -0.39 is 144 Å². The number of hydrogen-bond acceptors (Lipinski definition) is 22. The van der Waals surface area contributed by atoms with Crippen LogP contribution in [0.2, 0.25) is 0 Å². The summed E-state index contributed by atoms with van der Waals surface area (Å²) in [6, 6.07) is 1.46. The molecule has 0 amide bonds. The third kappa shape index (κ3) is 6.84. The molecule has 3 saturated heterocycles. The SMILES string of the molecule is COc1c2c(c(O)c3c4c(c(C)cc13)[C@H](O)[C@@H]1O[C@@](O)(C(OC)OC)[C@@](O)(CO)[C@]1(O[C@H]1C[C@@H](O)[C@@](O)(C(C)=O)[C@H](C)O1)O4)C(=O)[C@@H](O)C[C@@H]2O[C@H]1C[C@@](C)(O)[C@H](OC(C)=O)[C@H](C)O1. The molecule has 4 aliphatic heterocycles. The Kier molecular flexibility index (Phi) is 12.5. The number of esters is 1. The lowest BCUT2D eigenvalue weighted by atomic mass is 9.77. The van der Waals surface area contributed by atoms with Gasteiger partial charge in [-0.05, 0) is 46.2 Å². The van der Waals surface area contributed by atoms with Crippen molar-refractivity contribution < 1.29 is 108 Å². The number of ketones is 2. The number of aliphatic hydroxyl groups is 8. The molecule has 22 heteroatoms. The lowest BCUT2D eigenvalue weighted by Crippen LogP contribution is -2.75. The number of aromatic hydroxyl groups is 1. The lowest BCUT2D eigenvalue weighted by molar-refractivity contribution is -0.401. The normalized spacial score (nSPS) is 40.7. The molecule has 2 aromatic carbocycles. The van der Waals surface area contributed by atoms with E-state index in [1.165, 1.54) is 40.9 Å². The predicted octanol–water partition coefficient (Wildman–Crippen LogP) is -0.931. The molecule has 1 aliphatic carbocycles. The zero-order valence-electron chi connectivity index (χ0n) is 36.6. The molecule has 15 atom stereocenters. The molecule has 0 aromatic heterocycles. The number of fused-ring (bicyclic) bond motifs is 5. The first-order valence-electron chi connectivity index (χ1n) is 20.6. The van der Waals surface area contributed by atoms with Crippen molar-refractivity contribution in [3.05, 3.63) is 28.3 Å². The number of phenols is 1. The largest absolute Gasteiger partial charge is 0.506 e. The fourth-order valence-electron chi connectivity index (χ4n) is 10.1. The number of carbonyl (C=O) groups is 3. The minimum Gasteiger partial charge on any atom is -0.506 e. The van der Waals surface area contributed by atoms with Gasteiger partial charge in [0, 0.05) is 56.9 Å². The van der Waals surface area contributed by atoms with Crippen molar-refractivity contribution in [1.82, 2.24) is 0 Å². The second kappa shape index (κ2) is 16.6. The summed E-state index contributed by atoms with van der Waals surface area (Å²) in [6.07, 6.45) is -18.7. The van der Waals surface area contributed by atoms with Gasteiger partial charge in [-0.25, -0.2) is 0 Å². The number of aliphatic hydroxyl groups excluding tert-OH is 4. The number of Topliss-reactive ketones (excluding diaryl/α,β-unsaturated/α-hetero) is 2. The molecular weight excluding hydrogens is 856 g/mol. The monoisotopic (exact) mass is 912 g/mol. The number of benzene rings is 2. The number of phenolic OH excluding ortho intramolecular Hbond substituents is 1. The molecule has 2 aromatic rings. The first-order chi connectivity index (χ1) is 29.8. The molecule has 3 fully saturated rings. The average Bonchev–Trinajstić information content (AvgIpc) is 3.40. The summed E-state index contributed by atoms with van der Waals surface area (Å²) in [7, 11) is 3.38. The van der Waals surface area contributed by atoms with Crippen molar-refractivity contribution in [3.8, 4) is 17.2 Å². The molecule has 22 nitrogen and oxygen atoms in total. The highest BCUT2D eigenvalue weighted by Gasteiger charge is 2.82. The van der Waals surface area contributed by atoms with Gasteiger partial charge in [0.05, 0.1) is 49.1 Å². The third-order valence-corrected chi connectivity index (χ3v) is 13.3. The molecule has 0 radical (unpaired) electrons. The van der Waals surface area contributed by atoms with Crippen LogP contribution in [0.25, 0.3) is 10.8 Å². The van der Waals surface area contributed by atoms with Gasteiger partial charge >= 0.3 is 5.97 Å². The maximum absolute atomic E-state index is 14.0. The molecule has 5 aliphatic rings. The van der Waals surface area contributed by atoms with Crippen LogP contribution in [0.1, 0.15) is 93.1 Å². The van der Waals surface area contributed by atoms with Gasteiger partial charge in [0.15, 0.2) is 42.0 Å². The number of rotatable bonds is 11. The molecular formula is C42H56O22. The van der Waals surface area contributed by atoms with E-state index in [4.69, 9.17) is 47.4 Å². The number of aryl methyl sites for hydroxylation is 1. The molecule has 4 heterocycles. The van der Waals surface area contributed by atoms with Gasteiger partial charge in [-0.2, -0.15) is 0 Å². The van der Waals surface area contributed by atoms with E-state index in [2.05, 4.69) is 0 Å². The van der Waals surface area contributed by atoms with Crippen LogP contribution in [-0.4, -0.2) is 175 Å². The highest BCUT2D eigenvalue weighted by molar-refractivity contribution is 6.13. The summed E-state index contributed by atoms with van der Waals surface area (Å²) < 4.78 is 58.9. The zero-order chi connectivity index (χ0) is 47.4. The Morgan fingerprint density at radius 1 is 0.969 bits per heavy atom. The molecule has 0 unspecified atom stereocenters. The number of hydrogen-bond donors (Lipinski definition) is 9. The van der Waals surface area contributed by atoms with Gasteiger partial charge in [0.25, 0.3) is 11.6 Å². The van der Waals surface area contributed by atoms with Crippen LogP contribution < -0.4 is 9.47 Å². The Bertz CT molecular complexity index is 2180. The standard InChI is InChI=1S/C42H56O22/c1-15-10-20-27(31(49)29-28(33(20)55-7)22(11-21(46)30(29)48)61-25-13-38(6,51)35(16(2)58-25)60-19(5)45)34-26(15)32(50)36-42(63-34,39(52,14-43)41(54,64-36)37(56-8)57-9)62-24-12-23(47)40(53,17(3)44)18(4)59-24/h10,16,18,21-25,32,35-37,43,46-47,49-54H,11-14H2,1-9H3/t16-,18-,21-,22-,23+,24-,25-,32-,35+,36-,38+,39-,40+,41-,42+/m0/s1. The number of methoxy groups -OCH3 is 3. The maximum atomic E-state index is 14.0. The zero-order valence-corrected chi connectivity index (χ0v) is 36.6. The van der Waals surface area contributed by atoms with Gasteiger partial charge in [-0.1, -0.05) is 0 Å². The second-order valence-corrected chi connectivity index (χ2v) is 17.4. The van der Waals surface area contributed by atoms with Crippen LogP contribution in [0.5, 0.6) is 17.2 Å². The van der Waals surface area contributed by atoms with Crippen molar-refractivity contribution >= 4 is 28.3 Å². The molecule has 0 bridgehead atoms. The minimum absolute atomic E-state index is 0.00583. The predicted molar refractivity (Wildman–Crippen MR) is 210 cm³/mol. The summed E-state index contributed by atoms with van der Waals surface area (Å²) in [5, 5.41) is 105. The minimum atomic E-state index is -3.27. The van der Waals surface area contributed by atoms with E-state index >= 15 is 0 Å². The summed E-state index contributed by atoms with van der Waals surface area (Å²) in [5.74, 6) is -10.2. The van der Waals surface area contributed by atoms with Crippen LogP contribution in [0.4, 0.5) is 0 Å². The topological polar surface area (TPSA) is 326 Å². The van der Waals surface area contributed by atoms with Crippen molar-refractivity contribution in [2.75, 3.05) is 27.9 Å². The Labute approximate surface area is 366 Å². The van der Waals surface area contributed by atoms with Crippen LogP contribution in [-0.2, 0) is 47.5 Å². The number of ether oxygens (including phenoxy) is 10. The summed E-state index contributed by atoms with van der Waals surface area (Å²) in [6.45, 7) is 6.47. The Morgan fingerprint density at radius 2 is 1.62 bits per heavy atom. The van der Waals surface area contributed by atoms with E-state index in [1.54, 1.807) is 6.92 Å². The molecule has 64 heavy (non-hydrogen) atoms. The van der Waals surface area contributed by atoms with Gasteiger partial charge < -0.3 is 93.3 Å². The summed E-state index contributed by atoms with van der Waals surface area (Å²) in [4.78, 5) is 38.4. The van der Waals surface area contributed by atoms with Crippen molar-refractivity contribution in [3.63, 3.8) is 0 Å². The molecule has 0 spiro atoms. The first-order valence-corrected chi connectivity index (χ1v) is 20.6. The van der Waals surface area contributed by atoms with Crippen molar-refractivity contribution in [1.29, 1.82) is 0 Å². The molecule has 356 valence electrons. The fraction of sp³-hybridized carbons (Fsp3) is 0.690. The Morgan fingerprint density at radius 3 is 2.17 bits per heavy atom. The van der Waals surface area contributed by atoms with E-state index in [-0.39, 0.29) is 46.1 Å². The van der Waals surface area contributed by atoms with Gasteiger partial charge in [-0.15, -0.1) is 0 Å². The van der Waals surface area contributed by atoms with Crippen molar-refractivity contribution in [2.45, 2.75) is 157 Å². The van der Waals surface area contributed by atoms with Crippen LogP contribution in [0.3, 0.4) is 0 Å². The van der Waals surface area contributed by atoms with Crippen LogP contribution in [0, 0.1) is 6.92 Å². The lowest BCUT2D eigenvalue weighted by Gasteiger charge is -2.51. The fourth-order valence-corrected chi connectivity index (χ4v) is 10.1. The summed E-state index contributed by atoms with van der Waals surface area (Å²) >= 11 is 0. The molecule has 7 rings (SSSR count). The van der Waals surface area contributed by atoms with E-state index in [9.17, 15) is 60.3 Å². The Balaban J connectivity index is 1.42. The maximum Gasteiger partial charge on any atom is 0.303 e. The van der Waals surface area contributed by atoms with E-state index in [0.717, 1.165) is 21.1 Å². The molecule has 9 N–H and O–H groups in total. The van der Waals surface area contributed by atoms with Gasteiger partial charge in [0.1, 0.15) is 35.1 Å². The van der Waals surface area contributed by atoms with E-state index in [1.807, 2.05) is 0 Å². The molecule has 0 saturated carbocycles. The summed E-state index contributed by atoms with van der Waals surface area (Å²) in [5.41, 5.74) is -7.87.